The van der Waals surface area contributed by atoms with Crippen LogP contribution in [0.2, 0.25) is 0 Å². The molecule has 2 rings (SSSR count). The lowest BCUT2D eigenvalue weighted by Crippen LogP contribution is -2.49. The molecule has 1 N–H and O–H groups in total. The second-order valence-electron chi connectivity index (χ2n) is 6.18. The predicted octanol–water partition coefficient (Wildman–Crippen LogP) is 3.41. The minimum atomic E-state index is -0.326. The molecule has 0 unspecified atom stereocenters. The van der Waals surface area contributed by atoms with Crippen molar-refractivity contribution in [3.8, 4) is 0 Å². The Kier molecular flexibility index (Phi) is 3.93. The van der Waals surface area contributed by atoms with Gasteiger partial charge in [-0.05, 0) is 48.9 Å². The first-order valence-electron chi connectivity index (χ1n) is 6.86. The third-order valence-electron chi connectivity index (χ3n) is 4.52. The third-order valence-corrected chi connectivity index (χ3v) is 4.52. The van der Waals surface area contributed by atoms with Gasteiger partial charge in [0.15, 0.2) is 0 Å². The lowest BCUT2D eigenvalue weighted by Gasteiger charge is -2.51. The van der Waals surface area contributed by atoms with Gasteiger partial charge >= 0.3 is 0 Å². The largest absolute Gasteiger partial charge is 0.326 e. The molecule has 0 saturated heterocycles. The van der Waals surface area contributed by atoms with E-state index in [0.29, 0.717) is 12.1 Å². The molecule has 1 fully saturated rings. The summed E-state index contributed by atoms with van der Waals surface area (Å²) in [6.07, 6.45) is 1.17. The maximum Gasteiger partial charge on any atom is 0.224 e. The van der Waals surface area contributed by atoms with Crippen LogP contribution < -0.4 is 5.32 Å². The molecule has 1 aliphatic carbocycles. The van der Waals surface area contributed by atoms with Gasteiger partial charge in [0.2, 0.25) is 5.91 Å². The summed E-state index contributed by atoms with van der Waals surface area (Å²) in [5, 5.41) is 2.76. The zero-order valence-electron chi connectivity index (χ0n) is 12.1. The SMILES string of the molecule is CC(=O)[C@@H]1C[C@@H](CC(=O)Nc2ccc(F)cc2)C1(C)C. The molecule has 0 aliphatic heterocycles. The van der Waals surface area contributed by atoms with E-state index in [4.69, 9.17) is 0 Å². The number of Topliss-reactive ketones (excluding diaryl/α,β-unsaturated/α-hetero) is 1. The van der Waals surface area contributed by atoms with E-state index in [9.17, 15) is 14.0 Å². The fourth-order valence-electron chi connectivity index (χ4n) is 3.02. The maximum absolute atomic E-state index is 12.8. The standard InChI is InChI=1S/C16H20FNO2/c1-10(19)14-8-11(16(14,2)3)9-15(20)18-13-6-4-12(17)5-7-13/h4-7,11,14H,8-9H2,1-3H3,(H,18,20)/t11-,14-/m0/s1. The zero-order chi connectivity index (χ0) is 14.9. The fraction of sp³-hybridized carbons (Fsp3) is 0.500. The highest BCUT2D eigenvalue weighted by Crippen LogP contribution is 2.53. The fourth-order valence-corrected chi connectivity index (χ4v) is 3.02. The summed E-state index contributed by atoms with van der Waals surface area (Å²) in [6, 6.07) is 5.71. The highest BCUT2D eigenvalue weighted by Gasteiger charge is 2.50. The number of carbonyl (C=O) groups is 2. The van der Waals surface area contributed by atoms with Gasteiger partial charge in [-0.15, -0.1) is 0 Å². The van der Waals surface area contributed by atoms with Crippen LogP contribution in [0.3, 0.4) is 0 Å². The van der Waals surface area contributed by atoms with E-state index in [1.54, 1.807) is 6.92 Å². The Morgan fingerprint density at radius 1 is 1.30 bits per heavy atom. The number of hydrogen-bond donors (Lipinski definition) is 1. The van der Waals surface area contributed by atoms with Crippen LogP contribution in [0.5, 0.6) is 0 Å². The highest BCUT2D eigenvalue weighted by molar-refractivity contribution is 5.91. The van der Waals surface area contributed by atoms with E-state index in [0.717, 1.165) is 6.42 Å². The molecule has 3 nitrogen and oxygen atoms in total. The zero-order valence-corrected chi connectivity index (χ0v) is 12.1. The summed E-state index contributed by atoms with van der Waals surface area (Å²) in [6.45, 7) is 5.69. The Bertz CT molecular complexity index is 522. The van der Waals surface area contributed by atoms with Gasteiger partial charge in [-0.25, -0.2) is 4.39 Å². The van der Waals surface area contributed by atoms with Crippen LogP contribution in [-0.4, -0.2) is 11.7 Å². The van der Waals surface area contributed by atoms with Crippen LogP contribution in [0.4, 0.5) is 10.1 Å². The molecule has 0 spiro atoms. The van der Waals surface area contributed by atoms with Crippen molar-refractivity contribution in [2.75, 3.05) is 5.32 Å². The molecule has 1 aliphatic rings. The van der Waals surface area contributed by atoms with E-state index in [1.807, 2.05) is 13.8 Å². The average molecular weight is 277 g/mol. The Morgan fingerprint density at radius 3 is 2.40 bits per heavy atom. The molecule has 2 atom stereocenters. The Balaban J connectivity index is 1.90. The number of carbonyl (C=O) groups excluding carboxylic acids is 2. The van der Waals surface area contributed by atoms with Gasteiger partial charge in [-0.1, -0.05) is 13.8 Å². The molecule has 1 saturated carbocycles. The van der Waals surface area contributed by atoms with Gasteiger partial charge < -0.3 is 5.32 Å². The molecule has 0 radical (unpaired) electrons. The van der Waals surface area contributed by atoms with E-state index in [2.05, 4.69) is 5.32 Å². The number of halogens is 1. The molecular formula is C16H20FNO2. The molecule has 1 aromatic rings. The van der Waals surface area contributed by atoms with Crippen molar-refractivity contribution in [2.45, 2.75) is 33.6 Å². The van der Waals surface area contributed by atoms with Crippen molar-refractivity contribution < 1.29 is 14.0 Å². The molecule has 0 bridgehead atoms. The number of nitrogens with one attached hydrogen (secondary N) is 1. The van der Waals surface area contributed by atoms with Gasteiger partial charge in [0.05, 0.1) is 0 Å². The molecule has 0 heterocycles. The van der Waals surface area contributed by atoms with Gasteiger partial charge in [-0.2, -0.15) is 0 Å². The van der Waals surface area contributed by atoms with E-state index >= 15 is 0 Å². The lowest BCUT2D eigenvalue weighted by atomic mass is 9.52. The smallest absolute Gasteiger partial charge is 0.224 e. The highest BCUT2D eigenvalue weighted by atomic mass is 19.1. The molecule has 108 valence electrons. The van der Waals surface area contributed by atoms with Gasteiger partial charge in [0.1, 0.15) is 11.6 Å². The summed E-state index contributed by atoms with van der Waals surface area (Å²) >= 11 is 0. The summed E-state index contributed by atoms with van der Waals surface area (Å²) in [4.78, 5) is 23.4. The van der Waals surface area contributed by atoms with Crippen molar-refractivity contribution >= 4 is 17.4 Å². The second-order valence-corrected chi connectivity index (χ2v) is 6.18. The average Bonchev–Trinajstić information content (AvgIpc) is 2.36. The Labute approximate surface area is 118 Å². The molecule has 4 heteroatoms. The van der Waals surface area contributed by atoms with Crippen molar-refractivity contribution in [3.05, 3.63) is 30.1 Å². The van der Waals surface area contributed by atoms with Crippen molar-refractivity contribution in [3.63, 3.8) is 0 Å². The van der Waals surface area contributed by atoms with Crippen LogP contribution in [0.1, 0.15) is 33.6 Å². The first-order chi connectivity index (χ1) is 9.30. The minimum Gasteiger partial charge on any atom is -0.326 e. The van der Waals surface area contributed by atoms with Crippen LogP contribution in [0, 0.1) is 23.1 Å². The number of hydrogen-bond acceptors (Lipinski definition) is 2. The predicted molar refractivity (Wildman–Crippen MR) is 75.7 cm³/mol. The number of ketones is 1. The van der Waals surface area contributed by atoms with Crippen LogP contribution in [0.25, 0.3) is 0 Å². The number of amides is 1. The van der Waals surface area contributed by atoms with Gasteiger partial charge in [0.25, 0.3) is 0 Å². The normalized spacial score (nSPS) is 23.8. The summed E-state index contributed by atoms with van der Waals surface area (Å²) in [5.41, 5.74) is 0.475. The third kappa shape index (κ3) is 2.89. The number of benzene rings is 1. The van der Waals surface area contributed by atoms with E-state index in [-0.39, 0.29) is 34.8 Å². The Morgan fingerprint density at radius 2 is 1.90 bits per heavy atom. The van der Waals surface area contributed by atoms with Crippen LogP contribution >= 0.6 is 0 Å². The number of anilines is 1. The molecule has 1 amide bonds. The molecule has 1 aromatic carbocycles. The van der Waals surface area contributed by atoms with Crippen molar-refractivity contribution in [1.82, 2.24) is 0 Å². The summed E-state index contributed by atoms with van der Waals surface area (Å²) in [5.74, 6) is 0.0669. The first-order valence-corrected chi connectivity index (χ1v) is 6.86. The topological polar surface area (TPSA) is 46.2 Å². The first kappa shape index (κ1) is 14.7. The Hall–Kier alpha value is -1.71. The van der Waals surface area contributed by atoms with E-state index < -0.39 is 0 Å². The van der Waals surface area contributed by atoms with Crippen LogP contribution in [0.15, 0.2) is 24.3 Å². The quantitative estimate of drug-likeness (QED) is 0.916. The lowest BCUT2D eigenvalue weighted by molar-refractivity contribution is -0.139. The monoisotopic (exact) mass is 277 g/mol. The second kappa shape index (κ2) is 5.35. The summed E-state index contributed by atoms with van der Waals surface area (Å²) in [7, 11) is 0. The summed E-state index contributed by atoms with van der Waals surface area (Å²) < 4.78 is 12.8. The molecular weight excluding hydrogens is 257 g/mol. The van der Waals surface area contributed by atoms with E-state index in [1.165, 1.54) is 24.3 Å². The van der Waals surface area contributed by atoms with Crippen molar-refractivity contribution in [1.29, 1.82) is 0 Å². The molecule has 20 heavy (non-hydrogen) atoms. The van der Waals surface area contributed by atoms with Crippen LogP contribution in [-0.2, 0) is 9.59 Å². The minimum absolute atomic E-state index is 0.0612. The van der Waals surface area contributed by atoms with Crippen molar-refractivity contribution in [2.24, 2.45) is 17.3 Å². The number of rotatable bonds is 4. The maximum atomic E-state index is 12.8. The van der Waals surface area contributed by atoms with Gasteiger partial charge in [0, 0.05) is 18.0 Å². The van der Waals surface area contributed by atoms with Gasteiger partial charge in [-0.3, -0.25) is 9.59 Å². The molecule has 0 aromatic heterocycles.